The average molecular weight is 489 g/mol. The van der Waals surface area contributed by atoms with E-state index in [2.05, 4.69) is 21.3 Å². The van der Waals surface area contributed by atoms with Crippen LogP contribution in [-0.4, -0.2) is 82.5 Å². The molecule has 0 aliphatic heterocycles. The van der Waals surface area contributed by atoms with Crippen molar-refractivity contribution >= 4 is 35.5 Å². The molecule has 5 amide bonds. The van der Waals surface area contributed by atoms with E-state index in [1.807, 2.05) is 0 Å². The van der Waals surface area contributed by atoms with Crippen LogP contribution < -0.4 is 32.7 Å². The van der Waals surface area contributed by atoms with Crippen molar-refractivity contribution in [2.75, 3.05) is 6.54 Å². The van der Waals surface area contributed by atoms with E-state index in [4.69, 9.17) is 11.5 Å². The zero-order chi connectivity index (χ0) is 26.4. The Labute approximate surface area is 197 Å². The number of unbranched alkanes of at least 4 members (excludes halogenated alkanes) is 1. The molecule has 0 aromatic heterocycles. The average Bonchev–Trinajstić information content (AvgIpc) is 2.75. The van der Waals surface area contributed by atoms with E-state index in [9.17, 15) is 39.0 Å². The van der Waals surface area contributed by atoms with Gasteiger partial charge in [-0.25, -0.2) is 4.79 Å². The third kappa shape index (κ3) is 12.1. The van der Waals surface area contributed by atoms with Crippen molar-refractivity contribution in [1.82, 2.24) is 21.3 Å². The fourth-order valence-corrected chi connectivity index (χ4v) is 2.64. The van der Waals surface area contributed by atoms with Gasteiger partial charge in [-0.1, -0.05) is 0 Å². The highest BCUT2D eigenvalue weighted by Gasteiger charge is 2.27. The monoisotopic (exact) mass is 488 g/mol. The highest BCUT2D eigenvalue weighted by Crippen LogP contribution is 2.05. The second-order valence-corrected chi connectivity index (χ2v) is 7.88. The number of carbonyl (C=O) groups is 6. The molecule has 0 saturated carbocycles. The summed E-state index contributed by atoms with van der Waals surface area (Å²) in [5, 5.41) is 27.9. The van der Waals surface area contributed by atoms with E-state index < -0.39 is 65.8 Å². The number of nitrogens with one attached hydrogen (secondary N) is 4. The summed E-state index contributed by atoms with van der Waals surface area (Å²) in [7, 11) is 0. The summed E-state index contributed by atoms with van der Waals surface area (Å²) in [5.41, 5.74) is 10.6. The number of amides is 5. The van der Waals surface area contributed by atoms with Gasteiger partial charge in [0.1, 0.15) is 30.3 Å². The quantitative estimate of drug-likeness (QED) is 0.102. The maximum atomic E-state index is 12.4. The molecule has 34 heavy (non-hydrogen) atoms. The molecule has 0 aliphatic rings. The topological polar surface area (TPSA) is 243 Å². The van der Waals surface area contributed by atoms with Crippen LogP contribution in [0.3, 0.4) is 0 Å². The lowest BCUT2D eigenvalue weighted by Crippen LogP contribution is -2.53. The van der Waals surface area contributed by atoms with Crippen molar-refractivity contribution in [3.05, 3.63) is 0 Å². The Morgan fingerprint density at radius 2 is 1.35 bits per heavy atom. The molecule has 0 bridgehead atoms. The Bertz CT molecular complexity index is 745. The maximum absolute atomic E-state index is 12.4. The van der Waals surface area contributed by atoms with Crippen LogP contribution in [0.2, 0.25) is 0 Å². The molecule has 0 aliphatic carbocycles. The van der Waals surface area contributed by atoms with Gasteiger partial charge in [0.15, 0.2) is 0 Å². The third-order valence-electron chi connectivity index (χ3n) is 4.79. The number of carbonyl (C=O) groups excluding carboxylic acids is 5. The first-order valence-corrected chi connectivity index (χ1v) is 10.9. The van der Waals surface area contributed by atoms with Crippen LogP contribution >= 0.6 is 0 Å². The van der Waals surface area contributed by atoms with Gasteiger partial charge >= 0.3 is 5.97 Å². The first-order chi connectivity index (χ1) is 15.8. The number of rotatable bonds is 16. The van der Waals surface area contributed by atoms with Gasteiger partial charge in [0, 0.05) is 6.42 Å². The minimum atomic E-state index is -1.44. The Morgan fingerprint density at radius 1 is 0.765 bits per heavy atom. The zero-order valence-corrected chi connectivity index (χ0v) is 19.6. The molecule has 14 nitrogen and oxygen atoms in total. The highest BCUT2D eigenvalue weighted by molar-refractivity contribution is 5.92. The van der Waals surface area contributed by atoms with E-state index in [0.29, 0.717) is 19.4 Å². The van der Waals surface area contributed by atoms with Crippen LogP contribution in [0.1, 0.15) is 52.9 Å². The summed E-state index contributed by atoms with van der Waals surface area (Å²) in [6.45, 7) is 4.29. The molecule has 0 fully saturated rings. The van der Waals surface area contributed by atoms with Crippen molar-refractivity contribution < 1.29 is 39.0 Å². The van der Waals surface area contributed by atoms with Crippen LogP contribution in [0.25, 0.3) is 0 Å². The normalized spacial score (nSPS) is 15.1. The lowest BCUT2D eigenvalue weighted by atomic mass is 10.1. The number of aliphatic hydroxyl groups excluding tert-OH is 1. The number of hydrogen-bond acceptors (Lipinski definition) is 8. The lowest BCUT2D eigenvalue weighted by molar-refractivity contribution is -0.142. The van der Waals surface area contributed by atoms with E-state index in [1.54, 1.807) is 0 Å². The molecule has 0 heterocycles. The zero-order valence-electron chi connectivity index (χ0n) is 19.6. The first kappa shape index (κ1) is 30.7. The molecule has 0 aromatic rings. The molecule has 5 atom stereocenters. The van der Waals surface area contributed by atoms with Gasteiger partial charge in [-0.15, -0.1) is 0 Å². The Morgan fingerprint density at radius 3 is 1.85 bits per heavy atom. The Balaban J connectivity index is 4.99. The van der Waals surface area contributed by atoms with Crippen LogP contribution in [0.5, 0.6) is 0 Å². The Hall–Kier alpha value is -3.26. The number of carboxylic acids is 1. The highest BCUT2D eigenvalue weighted by atomic mass is 16.4. The molecule has 0 saturated heterocycles. The summed E-state index contributed by atoms with van der Waals surface area (Å²) in [5.74, 6) is -5.04. The van der Waals surface area contributed by atoms with Crippen LogP contribution in [0.15, 0.2) is 0 Å². The second kappa shape index (κ2) is 15.6. The number of nitrogens with two attached hydrogens (primary N) is 2. The number of carboxylic acid groups (broad SMARTS) is 1. The second-order valence-electron chi connectivity index (χ2n) is 7.88. The van der Waals surface area contributed by atoms with Gasteiger partial charge in [-0.05, 0) is 53.0 Å². The van der Waals surface area contributed by atoms with Crippen molar-refractivity contribution in [2.24, 2.45) is 11.5 Å². The first-order valence-electron chi connectivity index (χ1n) is 10.9. The van der Waals surface area contributed by atoms with E-state index >= 15 is 0 Å². The van der Waals surface area contributed by atoms with Gasteiger partial charge in [0.05, 0.1) is 0 Å². The van der Waals surface area contributed by atoms with Crippen molar-refractivity contribution in [3.63, 3.8) is 0 Å². The minimum absolute atomic E-state index is 0.236. The standard InChI is InChI=1S/C20H36N6O8/c1-10(16(22)29)23-19(32)13(6-4-5-9-21)25-15(28)8-7-14(20(33)34)26-17(30)11(2)24-18(31)12(3)27/h10-14,27H,4-9,21H2,1-3H3,(H2,22,29)(H,23,32)(H,24,31)(H,25,28)(H,26,30)(H,33,34)/t10-,11+,12-,13?,14-/m1/s1. The summed E-state index contributed by atoms with van der Waals surface area (Å²) in [4.78, 5) is 71.1. The SMILES string of the molecule is C[C@H](NC(=O)[C@@H](C)O)C(=O)N[C@H](CCC(=O)NC(CCCCN)C(=O)N[C@H](C)C(N)=O)C(=O)O. The van der Waals surface area contributed by atoms with Gasteiger partial charge in [0.2, 0.25) is 29.5 Å². The van der Waals surface area contributed by atoms with Gasteiger partial charge < -0.3 is 42.9 Å². The van der Waals surface area contributed by atoms with Crippen LogP contribution in [0.4, 0.5) is 0 Å². The summed E-state index contributed by atoms with van der Waals surface area (Å²) < 4.78 is 0. The van der Waals surface area contributed by atoms with Gasteiger partial charge in [-0.3, -0.25) is 24.0 Å². The molecule has 0 spiro atoms. The van der Waals surface area contributed by atoms with E-state index in [-0.39, 0.29) is 19.3 Å². The molecule has 0 aromatic carbocycles. The number of primary amides is 1. The molecular formula is C20H36N6O8. The third-order valence-corrected chi connectivity index (χ3v) is 4.79. The molecule has 1 unspecified atom stereocenters. The van der Waals surface area contributed by atoms with Crippen molar-refractivity contribution in [2.45, 2.75) is 83.1 Å². The maximum Gasteiger partial charge on any atom is 0.326 e. The largest absolute Gasteiger partial charge is 0.480 e. The molecule has 0 radical (unpaired) electrons. The fraction of sp³-hybridized carbons (Fsp3) is 0.700. The van der Waals surface area contributed by atoms with Crippen LogP contribution in [0, 0.1) is 0 Å². The fourth-order valence-electron chi connectivity index (χ4n) is 2.64. The summed E-state index contributed by atoms with van der Waals surface area (Å²) in [6, 6.07) is -4.51. The van der Waals surface area contributed by atoms with Gasteiger partial charge in [-0.2, -0.15) is 0 Å². The predicted octanol–water partition coefficient (Wildman–Crippen LogP) is -3.17. The minimum Gasteiger partial charge on any atom is -0.480 e. The van der Waals surface area contributed by atoms with Crippen LogP contribution in [-0.2, 0) is 28.8 Å². The molecule has 10 N–H and O–H groups in total. The summed E-state index contributed by atoms with van der Waals surface area (Å²) in [6.07, 6.45) is -0.628. The molecular weight excluding hydrogens is 452 g/mol. The van der Waals surface area contributed by atoms with Crippen molar-refractivity contribution in [1.29, 1.82) is 0 Å². The molecule has 194 valence electrons. The number of aliphatic carboxylic acids is 1. The molecule has 0 rings (SSSR count). The van der Waals surface area contributed by atoms with Crippen molar-refractivity contribution in [3.8, 4) is 0 Å². The van der Waals surface area contributed by atoms with E-state index in [1.165, 1.54) is 20.8 Å². The Kier molecular flexibility index (Phi) is 14.1. The smallest absolute Gasteiger partial charge is 0.326 e. The number of hydrogen-bond donors (Lipinski definition) is 8. The summed E-state index contributed by atoms with van der Waals surface area (Å²) >= 11 is 0. The van der Waals surface area contributed by atoms with E-state index in [0.717, 1.165) is 0 Å². The van der Waals surface area contributed by atoms with Gasteiger partial charge in [0.25, 0.3) is 0 Å². The lowest BCUT2D eigenvalue weighted by Gasteiger charge is -2.21. The number of aliphatic hydroxyl groups is 1. The molecule has 14 heteroatoms. The predicted molar refractivity (Wildman–Crippen MR) is 120 cm³/mol.